The number of likely N-dealkylation sites (tertiary alicyclic amines) is 1. The molecule has 23 heavy (non-hydrogen) atoms. The van der Waals surface area contributed by atoms with E-state index in [2.05, 4.69) is 10.2 Å². The summed E-state index contributed by atoms with van der Waals surface area (Å²) in [5.74, 6) is -1.31. The van der Waals surface area contributed by atoms with Gasteiger partial charge in [0, 0.05) is 38.4 Å². The smallest absolute Gasteiger partial charge is 0.244 e. The average Bonchev–Trinajstić information content (AvgIpc) is 2.98. The van der Waals surface area contributed by atoms with Crippen LogP contribution in [0.4, 0.5) is 8.78 Å². The molecular weight excluding hydrogens is 302 g/mol. The molecule has 1 N–H and O–H groups in total. The predicted octanol–water partition coefficient (Wildman–Crippen LogP) is 2.06. The molecule has 1 aliphatic heterocycles. The van der Waals surface area contributed by atoms with Gasteiger partial charge in [-0.15, -0.1) is 0 Å². The van der Waals surface area contributed by atoms with Gasteiger partial charge in [0.1, 0.15) is 11.6 Å². The molecule has 0 spiro atoms. The van der Waals surface area contributed by atoms with E-state index in [0.717, 1.165) is 38.2 Å². The van der Waals surface area contributed by atoms with E-state index in [1.165, 1.54) is 18.2 Å². The van der Waals surface area contributed by atoms with E-state index in [4.69, 9.17) is 4.74 Å². The minimum absolute atomic E-state index is 0.200. The zero-order valence-electron chi connectivity index (χ0n) is 13.2. The SMILES string of the molecule is COCCN1CC[C@H](CNC(=O)/C=C/c2c(F)cccc2F)C1. The fraction of sp³-hybridized carbons (Fsp3) is 0.471. The molecule has 1 heterocycles. The van der Waals surface area contributed by atoms with Crippen molar-refractivity contribution in [3.05, 3.63) is 41.5 Å². The van der Waals surface area contributed by atoms with Crippen LogP contribution >= 0.6 is 0 Å². The normalized spacial score (nSPS) is 18.7. The molecule has 1 saturated heterocycles. The van der Waals surface area contributed by atoms with E-state index < -0.39 is 11.6 Å². The largest absolute Gasteiger partial charge is 0.383 e. The molecule has 1 aromatic carbocycles. The molecule has 0 unspecified atom stereocenters. The third-order valence-electron chi connectivity index (χ3n) is 3.95. The number of methoxy groups -OCH3 is 1. The first-order chi connectivity index (χ1) is 11.1. The van der Waals surface area contributed by atoms with Gasteiger partial charge in [-0.2, -0.15) is 0 Å². The Morgan fingerprint density at radius 2 is 2.17 bits per heavy atom. The molecule has 1 aliphatic rings. The van der Waals surface area contributed by atoms with Gasteiger partial charge in [0.05, 0.1) is 6.61 Å². The van der Waals surface area contributed by atoms with Crippen LogP contribution in [0, 0.1) is 17.6 Å². The predicted molar refractivity (Wildman–Crippen MR) is 84.8 cm³/mol. The number of halogens is 2. The fourth-order valence-corrected chi connectivity index (χ4v) is 2.64. The first kappa shape index (κ1) is 17.6. The van der Waals surface area contributed by atoms with Crippen molar-refractivity contribution in [2.24, 2.45) is 5.92 Å². The summed E-state index contributed by atoms with van der Waals surface area (Å²) in [7, 11) is 1.68. The van der Waals surface area contributed by atoms with Crippen LogP contribution in [0.25, 0.3) is 6.08 Å². The Kier molecular flexibility index (Phi) is 6.67. The molecule has 0 aliphatic carbocycles. The standard InChI is InChI=1S/C17H22F2N2O2/c1-23-10-9-21-8-7-13(12-21)11-20-17(22)6-5-14-15(18)3-2-4-16(14)19/h2-6,13H,7-12H2,1H3,(H,20,22)/b6-5+/t13-/m1/s1. The average molecular weight is 324 g/mol. The van der Waals surface area contributed by atoms with Crippen LogP contribution in [0.1, 0.15) is 12.0 Å². The molecular formula is C17H22F2N2O2. The lowest BCUT2D eigenvalue weighted by Gasteiger charge is -2.15. The third-order valence-corrected chi connectivity index (χ3v) is 3.95. The summed E-state index contributed by atoms with van der Waals surface area (Å²) in [6, 6.07) is 3.61. The van der Waals surface area contributed by atoms with Gasteiger partial charge in [-0.1, -0.05) is 6.07 Å². The maximum absolute atomic E-state index is 13.4. The molecule has 6 heteroatoms. The van der Waals surface area contributed by atoms with Gasteiger partial charge in [0.25, 0.3) is 0 Å². The zero-order chi connectivity index (χ0) is 16.7. The second-order valence-corrected chi connectivity index (χ2v) is 5.66. The quantitative estimate of drug-likeness (QED) is 0.781. The van der Waals surface area contributed by atoms with E-state index in [1.54, 1.807) is 7.11 Å². The van der Waals surface area contributed by atoms with E-state index >= 15 is 0 Å². The van der Waals surface area contributed by atoms with Crippen LogP contribution in [-0.4, -0.2) is 50.7 Å². The van der Waals surface area contributed by atoms with Crippen molar-refractivity contribution in [3.63, 3.8) is 0 Å². The third kappa shape index (κ3) is 5.41. The van der Waals surface area contributed by atoms with Gasteiger partial charge in [-0.05, 0) is 37.1 Å². The Labute approximate surface area is 135 Å². The van der Waals surface area contributed by atoms with Gasteiger partial charge in [0.2, 0.25) is 5.91 Å². The number of ether oxygens (including phenoxy) is 1. The van der Waals surface area contributed by atoms with Crippen molar-refractivity contribution in [2.45, 2.75) is 6.42 Å². The van der Waals surface area contributed by atoms with Gasteiger partial charge >= 0.3 is 0 Å². The second kappa shape index (κ2) is 8.74. The highest BCUT2D eigenvalue weighted by atomic mass is 19.1. The number of hydrogen-bond donors (Lipinski definition) is 1. The summed E-state index contributed by atoms with van der Waals surface area (Å²) in [4.78, 5) is 14.1. The Morgan fingerprint density at radius 3 is 2.87 bits per heavy atom. The highest BCUT2D eigenvalue weighted by Gasteiger charge is 2.22. The maximum Gasteiger partial charge on any atom is 0.244 e. The Bertz CT molecular complexity index is 543. The summed E-state index contributed by atoms with van der Waals surface area (Å²) in [6.45, 7) is 4.09. The zero-order valence-corrected chi connectivity index (χ0v) is 13.2. The Balaban J connectivity index is 1.76. The molecule has 1 amide bonds. The van der Waals surface area contributed by atoms with Crippen LogP contribution in [-0.2, 0) is 9.53 Å². The molecule has 4 nitrogen and oxygen atoms in total. The number of hydrogen-bond acceptors (Lipinski definition) is 3. The number of carbonyl (C=O) groups excluding carboxylic acids is 1. The fourth-order valence-electron chi connectivity index (χ4n) is 2.64. The highest BCUT2D eigenvalue weighted by molar-refractivity contribution is 5.91. The summed E-state index contributed by atoms with van der Waals surface area (Å²) in [6.07, 6.45) is 3.36. The molecule has 1 fully saturated rings. The maximum atomic E-state index is 13.4. The monoisotopic (exact) mass is 324 g/mol. The van der Waals surface area contributed by atoms with Crippen LogP contribution in [0.3, 0.4) is 0 Å². The topological polar surface area (TPSA) is 41.6 Å². The number of benzene rings is 1. The van der Waals surface area contributed by atoms with Gasteiger partial charge in [0.15, 0.2) is 0 Å². The molecule has 2 rings (SSSR count). The summed E-state index contributed by atoms with van der Waals surface area (Å²) >= 11 is 0. The van der Waals surface area contributed by atoms with Crippen molar-refractivity contribution in [1.82, 2.24) is 10.2 Å². The van der Waals surface area contributed by atoms with Crippen molar-refractivity contribution in [3.8, 4) is 0 Å². The molecule has 0 bridgehead atoms. The molecule has 0 saturated carbocycles. The lowest BCUT2D eigenvalue weighted by molar-refractivity contribution is -0.116. The van der Waals surface area contributed by atoms with Crippen LogP contribution in [0.15, 0.2) is 24.3 Å². The van der Waals surface area contributed by atoms with E-state index in [-0.39, 0.29) is 11.5 Å². The molecule has 0 radical (unpaired) electrons. The first-order valence-electron chi connectivity index (χ1n) is 7.71. The van der Waals surface area contributed by atoms with Gasteiger partial charge in [-0.3, -0.25) is 4.79 Å². The van der Waals surface area contributed by atoms with Gasteiger partial charge in [-0.25, -0.2) is 8.78 Å². The van der Waals surface area contributed by atoms with Gasteiger partial charge < -0.3 is 15.0 Å². The molecule has 0 aromatic heterocycles. The van der Waals surface area contributed by atoms with E-state index in [9.17, 15) is 13.6 Å². The summed E-state index contributed by atoms with van der Waals surface area (Å²) in [5, 5.41) is 2.78. The molecule has 126 valence electrons. The summed E-state index contributed by atoms with van der Waals surface area (Å²) in [5.41, 5.74) is -0.200. The van der Waals surface area contributed by atoms with Crippen LogP contribution < -0.4 is 5.32 Å². The Hall–Kier alpha value is -1.79. The number of nitrogens with one attached hydrogen (secondary N) is 1. The number of rotatable bonds is 7. The van der Waals surface area contributed by atoms with Crippen molar-refractivity contribution < 1.29 is 18.3 Å². The van der Waals surface area contributed by atoms with E-state index in [0.29, 0.717) is 19.1 Å². The lowest BCUT2D eigenvalue weighted by atomic mass is 10.1. The minimum Gasteiger partial charge on any atom is -0.383 e. The minimum atomic E-state index is -0.682. The second-order valence-electron chi connectivity index (χ2n) is 5.66. The van der Waals surface area contributed by atoms with E-state index in [1.807, 2.05) is 0 Å². The van der Waals surface area contributed by atoms with Crippen LogP contribution in [0.2, 0.25) is 0 Å². The van der Waals surface area contributed by atoms with Crippen LogP contribution in [0.5, 0.6) is 0 Å². The van der Waals surface area contributed by atoms with Crippen molar-refractivity contribution >= 4 is 12.0 Å². The van der Waals surface area contributed by atoms with Crippen molar-refractivity contribution in [2.75, 3.05) is 39.9 Å². The highest BCUT2D eigenvalue weighted by Crippen LogP contribution is 2.15. The number of amides is 1. The lowest BCUT2D eigenvalue weighted by Crippen LogP contribution is -2.30. The number of carbonyl (C=O) groups is 1. The molecule has 1 atom stereocenters. The first-order valence-corrected chi connectivity index (χ1v) is 7.71. The summed E-state index contributed by atoms with van der Waals surface area (Å²) < 4.78 is 31.9. The van der Waals surface area contributed by atoms with Crippen molar-refractivity contribution in [1.29, 1.82) is 0 Å². The molecule has 1 aromatic rings. The number of nitrogens with zero attached hydrogens (tertiary/aromatic N) is 1. The Morgan fingerprint density at radius 1 is 1.43 bits per heavy atom.